The number of carbonyl (C=O) groups excluding carboxylic acids is 2. The number of carboxylic acid groups (broad SMARTS) is 1. The van der Waals surface area contributed by atoms with E-state index in [1.807, 2.05) is 48.5 Å². The number of alkyl halides is 2. The first-order valence-corrected chi connectivity index (χ1v) is 11.2. The van der Waals surface area contributed by atoms with Gasteiger partial charge in [0.2, 0.25) is 5.91 Å². The van der Waals surface area contributed by atoms with Crippen molar-refractivity contribution >= 4 is 18.0 Å². The van der Waals surface area contributed by atoms with Crippen LogP contribution < -0.4 is 10.6 Å². The molecule has 0 radical (unpaired) electrons. The summed E-state index contributed by atoms with van der Waals surface area (Å²) >= 11 is 0. The molecule has 3 N–H and O–H groups in total. The van der Waals surface area contributed by atoms with Crippen LogP contribution in [0.4, 0.5) is 13.6 Å². The van der Waals surface area contributed by atoms with E-state index in [4.69, 9.17) is 14.6 Å². The Kier molecular flexibility index (Phi) is 6.75. The van der Waals surface area contributed by atoms with Crippen molar-refractivity contribution in [2.24, 2.45) is 11.8 Å². The monoisotopic (exact) mass is 488 g/mol. The molecule has 0 saturated heterocycles. The van der Waals surface area contributed by atoms with Gasteiger partial charge in [-0.1, -0.05) is 48.5 Å². The van der Waals surface area contributed by atoms with Gasteiger partial charge in [-0.25, -0.2) is 13.6 Å². The number of amides is 2. The van der Waals surface area contributed by atoms with E-state index in [1.54, 1.807) is 0 Å². The molecule has 4 rings (SSSR count). The summed E-state index contributed by atoms with van der Waals surface area (Å²) in [6, 6.07) is 14.4. The third-order valence-corrected chi connectivity index (χ3v) is 6.71. The van der Waals surface area contributed by atoms with Crippen LogP contribution >= 0.6 is 0 Å². The molecule has 186 valence electrons. The Morgan fingerprint density at radius 3 is 2.14 bits per heavy atom. The predicted octanol–water partition coefficient (Wildman–Crippen LogP) is 3.01. The molecule has 2 aliphatic rings. The minimum absolute atomic E-state index is 0.0319. The van der Waals surface area contributed by atoms with E-state index in [9.17, 15) is 23.2 Å². The van der Waals surface area contributed by atoms with Gasteiger partial charge in [0.05, 0.1) is 12.0 Å². The zero-order valence-electron chi connectivity index (χ0n) is 19.2. The molecule has 1 fully saturated rings. The number of rotatable bonds is 9. The molecule has 1 saturated carbocycles. The van der Waals surface area contributed by atoms with E-state index in [0.717, 1.165) is 22.3 Å². The number of hydrogen-bond donors (Lipinski definition) is 3. The van der Waals surface area contributed by atoms with Crippen LogP contribution in [0.5, 0.6) is 0 Å². The maximum Gasteiger partial charge on any atom is 0.407 e. The summed E-state index contributed by atoms with van der Waals surface area (Å²) < 4.78 is 37.8. The van der Waals surface area contributed by atoms with Gasteiger partial charge in [0.1, 0.15) is 18.6 Å². The molecule has 0 spiro atoms. The average Bonchev–Trinajstić information content (AvgIpc) is 3.26. The zero-order chi connectivity index (χ0) is 25.3. The van der Waals surface area contributed by atoms with Gasteiger partial charge >= 0.3 is 12.1 Å². The molecule has 8 nitrogen and oxygen atoms in total. The van der Waals surface area contributed by atoms with Crippen LogP contribution in [-0.4, -0.2) is 61.4 Å². The normalized spacial score (nSPS) is 21.3. The third kappa shape index (κ3) is 4.70. The van der Waals surface area contributed by atoms with E-state index in [2.05, 4.69) is 10.6 Å². The highest BCUT2D eigenvalue weighted by molar-refractivity contribution is 5.86. The molecule has 4 unspecified atom stereocenters. The number of fused-ring (bicyclic) bond motifs is 3. The van der Waals surface area contributed by atoms with Crippen molar-refractivity contribution in [3.8, 4) is 11.1 Å². The third-order valence-electron chi connectivity index (χ3n) is 6.71. The maximum atomic E-state index is 13.6. The van der Waals surface area contributed by atoms with Crippen LogP contribution in [0, 0.1) is 11.8 Å². The Morgan fingerprint density at radius 2 is 1.63 bits per heavy atom. The molecule has 4 atom stereocenters. The minimum Gasteiger partial charge on any atom is -0.481 e. The highest BCUT2D eigenvalue weighted by Crippen LogP contribution is 2.54. The second-order valence-corrected chi connectivity index (χ2v) is 8.73. The van der Waals surface area contributed by atoms with Crippen LogP contribution in [0.25, 0.3) is 11.1 Å². The second kappa shape index (κ2) is 9.61. The average molecular weight is 488 g/mol. The molecular formula is C25H26F2N2O6. The van der Waals surface area contributed by atoms with Gasteiger partial charge in [0.25, 0.3) is 5.92 Å². The lowest BCUT2D eigenvalue weighted by Gasteiger charge is -2.23. The summed E-state index contributed by atoms with van der Waals surface area (Å²) in [5, 5.41) is 13.6. The van der Waals surface area contributed by atoms with Gasteiger partial charge < -0.3 is 25.2 Å². The first-order chi connectivity index (χ1) is 16.7. The first kappa shape index (κ1) is 24.6. The number of ether oxygens (including phenoxy) is 2. The van der Waals surface area contributed by atoms with Crippen LogP contribution in [-0.2, 0) is 19.1 Å². The van der Waals surface area contributed by atoms with E-state index < -0.39 is 54.4 Å². The Morgan fingerprint density at radius 1 is 1.06 bits per heavy atom. The number of alkyl carbamates (subject to hydrolysis) is 1. The summed E-state index contributed by atoms with van der Waals surface area (Å²) in [6.07, 6.45) is -1.67. The van der Waals surface area contributed by atoms with Crippen molar-refractivity contribution in [1.82, 2.24) is 10.6 Å². The molecule has 0 bridgehead atoms. The van der Waals surface area contributed by atoms with E-state index >= 15 is 0 Å². The van der Waals surface area contributed by atoms with Gasteiger partial charge in [0.15, 0.2) is 0 Å². The smallest absolute Gasteiger partial charge is 0.407 e. The van der Waals surface area contributed by atoms with Gasteiger partial charge in [0, 0.05) is 19.6 Å². The summed E-state index contributed by atoms with van der Waals surface area (Å²) in [7, 11) is 1.33. The largest absolute Gasteiger partial charge is 0.481 e. The highest BCUT2D eigenvalue weighted by Gasteiger charge is 2.72. The van der Waals surface area contributed by atoms with Crippen molar-refractivity contribution in [2.75, 3.05) is 20.3 Å². The van der Waals surface area contributed by atoms with Crippen molar-refractivity contribution < 1.29 is 37.7 Å². The van der Waals surface area contributed by atoms with E-state index in [0.29, 0.717) is 0 Å². The van der Waals surface area contributed by atoms with Crippen LogP contribution in [0.3, 0.4) is 0 Å². The number of benzene rings is 2. The lowest BCUT2D eigenvalue weighted by Crippen LogP contribution is -2.53. The minimum atomic E-state index is -3.39. The van der Waals surface area contributed by atoms with Crippen molar-refractivity contribution in [3.63, 3.8) is 0 Å². The predicted molar refractivity (Wildman–Crippen MR) is 121 cm³/mol. The molecule has 10 heteroatoms. The molecular weight excluding hydrogens is 462 g/mol. The number of nitrogens with one attached hydrogen (secondary N) is 2. The standard InChI is InChI=1S/C25H26F2N2O6/c1-13(34-2)21(22(30)28-11-19-20(23(31)32)25(19,26)27)29-24(33)35-12-18-16-9-5-3-7-14(16)15-8-4-6-10-17(15)18/h3-10,13,18-21H,11-12H2,1-2H3,(H,28,30)(H,29,33)(H,31,32). The zero-order valence-corrected chi connectivity index (χ0v) is 19.2. The van der Waals surface area contributed by atoms with Crippen molar-refractivity contribution in [3.05, 3.63) is 59.7 Å². The number of aliphatic carboxylic acids is 1. The van der Waals surface area contributed by atoms with Crippen LogP contribution in [0.2, 0.25) is 0 Å². The highest BCUT2D eigenvalue weighted by atomic mass is 19.3. The van der Waals surface area contributed by atoms with E-state index in [1.165, 1.54) is 14.0 Å². The Balaban J connectivity index is 1.37. The Hall–Kier alpha value is -3.53. The van der Waals surface area contributed by atoms with Gasteiger partial charge in [-0.2, -0.15) is 0 Å². The van der Waals surface area contributed by atoms with Crippen molar-refractivity contribution in [1.29, 1.82) is 0 Å². The Labute approximate surface area is 200 Å². The fourth-order valence-corrected chi connectivity index (χ4v) is 4.60. The van der Waals surface area contributed by atoms with E-state index in [-0.39, 0.29) is 12.5 Å². The molecule has 2 amide bonds. The maximum absolute atomic E-state index is 13.6. The number of hydrogen-bond acceptors (Lipinski definition) is 5. The topological polar surface area (TPSA) is 114 Å². The van der Waals surface area contributed by atoms with Gasteiger partial charge in [-0.3, -0.25) is 9.59 Å². The Bertz CT molecular complexity index is 1090. The molecule has 0 aliphatic heterocycles. The summed E-state index contributed by atoms with van der Waals surface area (Å²) in [6.45, 7) is 1.02. The fourth-order valence-electron chi connectivity index (χ4n) is 4.60. The van der Waals surface area contributed by atoms with Crippen LogP contribution in [0.15, 0.2) is 48.5 Å². The molecule has 0 aromatic heterocycles. The summed E-state index contributed by atoms with van der Waals surface area (Å²) in [5.74, 6) is -9.30. The fraction of sp³-hybridized carbons (Fsp3) is 0.400. The number of halogens is 2. The van der Waals surface area contributed by atoms with Crippen molar-refractivity contribution in [2.45, 2.75) is 30.9 Å². The lowest BCUT2D eigenvalue weighted by atomic mass is 9.98. The number of carboxylic acids is 1. The quantitative estimate of drug-likeness (QED) is 0.500. The number of methoxy groups -OCH3 is 1. The van der Waals surface area contributed by atoms with Gasteiger partial charge in [-0.05, 0) is 29.2 Å². The summed E-state index contributed by atoms with van der Waals surface area (Å²) in [4.78, 5) is 36.1. The molecule has 2 aliphatic carbocycles. The first-order valence-electron chi connectivity index (χ1n) is 11.2. The SMILES string of the molecule is COC(C)C(NC(=O)OCC1c2ccccc2-c2ccccc21)C(=O)NCC1C(C(=O)O)C1(F)F. The second-order valence-electron chi connectivity index (χ2n) is 8.73. The lowest BCUT2D eigenvalue weighted by molar-refractivity contribution is -0.141. The molecule has 2 aromatic carbocycles. The number of carbonyl (C=O) groups is 3. The summed E-state index contributed by atoms with van der Waals surface area (Å²) in [5.41, 5.74) is 4.19. The van der Waals surface area contributed by atoms with Gasteiger partial charge in [-0.15, -0.1) is 0 Å². The molecule has 35 heavy (non-hydrogen) atoms. The molecule has 0 heterocycles. The van der Waals surface area contributed by atoms with Crippen LogP contribution in [0.1, 0.15) is 24.0 Å². The molecule has 2 aromatic rings.